The fourth-order valence-electron chi connectivity index (χ4n) is 2.14. The van der Waals surface area contributed by atoms with E-state index in [4.69, 9.17) is 15.2 Å². The monoisotopic (exact) mass is 309 g/mol. The summed E-state index contributed by atoms with van der Waals surface area (Å²) in [6.07, 6.45) is 3.67. The molecule has 1 fully saturated rings. The highest BCUT2D eigenvalue weighted by Crippen LogP contribution is 2.52. The van der Waals surface area contributed by atoms with E-state index in [0.717, 1.165) is 35.7 Å². The molecule has 21 heavy (non-hydrogen) atoms. The van der Waals surface area contributed by atoms with Crippen molar-refractivity contribution >= 4 is 23.4 Å². The van der Waals surface area contributed by atoms with E-state index < -0.39 is 0 Å². The lowest BCUT2D eigenvalue weighted by atomic mass is 10.1. The van der Waals surface area contributed by atoms with Crippen molar-refractivity contribution in [3.63, 3.8) is 0 Å². The molecule has 1 saturated carbocycles. The van der Waals surface area contributed by atoms with Crippen LogP contribution in [0.25, 0.3) is 0 Å². The second kappa shape index (κ2) is 7.07. The molecule has 0 spiro atoms. The Morgan fingerprint density at radius 2 is 2.14 bits per heavy atom. The van der Waals surface area contributed by atoms with Crippen LogP contribution >= 0.6 is 11.8 Å². The molecule has 116 valence electrons. The van der Waals surface area contributed by atoms with Gasteiger partial charge in [0, 0.05) is 22.4 Å². The number of hydrogen-bond acceptors (Lipinski definition) is 5. The SMILES string of the molecule is CCCOc1cc(N)cc(SCC2(CC(=O)OC)CC2)c1. The molecule has 0 saturated heterocycles. The lowest BCUT2D eigenvalue weighted by Gasteiger charge is -2.14. The van der Waals surface area contributed by atoms with Gasteiger partial charge in [-0.2, -0.15) is 0 Å². The summed E-state index contributed by atoms with van der Waals surface area (Å²) in [4.78, 5) is 12.5. The van der Waals surface area contributed by atoms with E-state index >= 15 is 0 Å². The third-order valence-corrected chi connectivity index (χ3v) is 4.95. The lowest BCUT2D eigenvalue weighted by molar-refractivity contribution is -0.141. The van der Waals surface area contributed by atoms with E-state index in [0.29, 0.717) is 18.7 Å². The van der Waals surface area contributed by atoms with Gasteiger partial charge in [-0.1, -0.05) is 6.92 Å². The molecule has 0 aromatic heterocycles. The Labute approximate surface area is 130 Å². The molecule has 4 nitrogen and oxygen atoms in total. The number of benzene rings is 1. The smallest absolute Gasteiger partial charge is 0.306 e. The first kappa shape index (κ1) is 16.0. The number of rotatable bonds is 8. The van der Waals surface area contributed by atoms with Crippen LogP contribution in [0.1, 0.15) is 32.6 Å². The lowest BCUT2D eigenvalue weighted by Crippen LogP contribution is -2.13. The standard InChI is InChI=1S/C16H23NO3S/c1-3-6-20-13-7-12(17)8-14(9-13)21-11-16(4-5-16)10-15(18)19-2/h7-9H,3-6,10-11,17H2,1-2H3. The number of carbonyl (C=O) groups is 1. The molecule has 2 N–H and O–H groups in total. The van der Waals surface area contributed by atoms with Crippen LogP contribution in [-0.2, 0) is 9.53 Å². The van der Waals surface area contributed by atoms with E-state index in [1.165, 1.54) is 7.11 Å². The van der Waals surface area contributed by atoms with Gasteiger partial charge < -0.3 is 15.2 Å². The molecule has 1 aliphatic rings. The number of anilines is 1. The van der Waals surface area contributed by atoms with Crippen LogP contribution in [0.4, 0.5) is 5.69 Å². The Morgan fingerprint density at radius 3 is 2.76 bits per heavy atom. The minimum absolute atomic E-state index is 0.118. The minimum Gasteiger partial charge on any atom is -0.493 e. The van der Waals surface area contributed by atoms with E-state index in [9.17, 15) is 4.79 Å². The van der Waals surface area contributed by atoms with Crippen LogP contribution in [0.2, 0.25) is 0 Å². The number of methoxy groups -OCH3 is 1. The number of hydrogen-bond donors (Lipinski definition) is 1. The molecular formula is C16H23NO3S. The zero-order chi connectivity index (χ0) is 15.3. The summed E-state index contributed by atoms with van der Waals surface area (Å²) >= 11 is 1.74. The first-order valence-electron chi connectivity index (χ1n) is 7.30. The number of thioether (sulfide) groups is 1. The summed E-state index contributed by atoms with van der Waals surface area (Å²) in [6.45, 7) is 2.77. The number of ether oxygens (including phenoxy) is 2. The Morgan fingerprint density at radius 1 is 1.38 bits per heavy atom. The molecule has 0 atom stereocenters. The third kappa shape index (κ3) is 4.84. The molecule has 0 radical (unpaired) electrons. The highest BCUT2D eigenvalue weighted by Gasteiger charge is 2.44. The molecule has 0 heterocycles. The summed E-state index contributed by atoms with van der Waals surface area (Å²) in [5.41, 5.74) is 6.75. The van der Waals surface area contributed by atoms with E-state index in [-0.39, 0.29) is 11.4 Å². The van der Waals surface area contributed by atoms with Crippen LogP contribution < -0.4 is 10.5 Å². The number of carbonyl (C=O) groups excluding carboxylic acids is 1. The second-order valence-electron chi connectivity index (χ2n) is 5.63. The molecule has 1 aliphatic carbocycles. The van der Waals surface area contributed by atoms with Gasteiger partial charge in [-0.15, -0.1) is 11.8 Å². The molecule has 1 aromatic rings. The quantitative estimate of drug-likeness (QED) is 0.452. The van der Waals surface area contributed by atoms with Crippen molar-refractivity contribution < 1.29 is 14.3 Å². The van der Waals surface area contributed by atoms with Crippen molar-refractivity contribution in [3.8, 4) is 5.75 Å². The van der Waals surface area contributed by atoms with Crippen LogP contribution in [0.3, 0.4) is 0 Å². The predicted octanol–water partition coefficient (Wildman–Crippen LogP) is 3.49. The van der Waals surface area contributed by atoms with Crippen molar-refractivity contribution in [1.82, 2.24) is 0 Å². The maximum atomic E-state index is 11.4. The Hall–Kier alpha value is -1.36. The van der Waals surface area contributed by atoms with Crippen molar-refractivity contribution in [2.75, 3.05) is 25.2 Å². The zero-order valence-corrected chi connectivity index (χ0v) is 13.5. The minimum atomic E-state index is -0.118. The number of esters is 1. The normalized spacial score (nSPS) is 15.5. The van der Waals surface area contributed by atoms with Gasteiger partial charge in [-0.25, -0.2) is 0 Å². The Balaban J connectivity index is 1.93. The topological polar surface area (TPSA) is 61.5 Å². The molecule has 0 amide bonds. The number of nitrogens with two attached hydrogens (primary N) is 1. The summed E-state index contributed by atoms with van der Waals surface area (Å²) in [7, 11) is 1.45. The zero-order valence-electron chi connectivity index (χ0n) is 12.7. The maximum Gasteiger partial charge on any atom is 0.306 e. The van der Waals surface area contributed by atoms with Gasteiger partial charge in [0.2, 0.25) is 0 Å². The Kier molecular flexibility index (Phi) is 5.39. The van der Waals surface area contributed by atoms with Gasteiger partial charge >= 0.3 is 5.97 Å². The average molecular weight is 309 g/mol. The van der Waals surface area contributed by atoms with Gasteiger partial charge in [0.25, 0.3) is 0 Å². The van der Waals surface area contributed by atoms with E-state index in [1.807, 2.05) is 18.2 Å². The van der Waals surface area contributed by atoms with Crippen molar-refractivity contribution in [3.05, 3.63) is 18.2 Å². The predicted molar refractivity (Wildman–Crippen MR) is 85.7 cm³/mol. The van der Waals surface area contributed by atoms with Crippen molar-refractivity contribution in [2.45, 2.75) is 37.5 Å². The summed E-state index contributed by atoms with van der Waals surface area (Å²) < 4.78 is 10.4. The van der Waals surface area contributed by atoms with Gasteiger partial charge in [0.15, 0.2) is 0 Å². The van der Waals surface area contributed by atoms with E-state index in [1.54, 1.807) is 11.8 Å². The van der Waals surface area contributed by atoms with Crippen LogP contribution in [0, 0.1) is 5.41 Å². The average Bonchev–Trinajstić information content (AvgIpc) is 3.22. The van der Waals surface area contributed by atoms with Gasteiger partial charge in [0.05, 0.1) is 20.1 Å². The van der Waals surface area contributed by atoms with Crippen molar-refractivity contribution in [2.24, 2.45) is 5.41 Å². The molecule has 0 unspecified atom stereocenters. The van der Waals surface area contributed by atoms with Gasteiger partial charge in [-0.3, -0.25) is 4.79 Å². The molecule has 1 aromatic carbocycles. The second-order valence-corrected chi connectivity index (χ2v) is 6.68. The summed E-state index contributed by atoms with van der Waals surface area (Å²) in [6, 6.07) is 5.82. The molecule has 2 rings (SSSR count). The van der Waals surface area contributed by atoms with Gasteiger partial charge in [0.1, 0.15) is 5.75 Å². The first-order valence-corrected chi connectivity index (χ1v) is 8.28. The molecule has 0 bridgehead atoms. The summed E-state index contributed by atoms with van der Waals surface area (Å²) in [5, 5.41) is 0. The molecule has 0 aliphatic heterocycles. The largest absolute Gasteiger partial charge is 0.493 e. The van der Waals surface area contributed by atoms with Crippen LogP contribution in [0.5, 0.6) is 5.75 Å². The highest BCUT2D eigenvalue weighted by atomic mass is 32.2. The molecular weight excluding hydrogens is 286 g/mol. The fourth-order valence-corrected chi connectivity index (χ4v) is 3.43. The maximum absolute atomic E-state index is 11.4. The van der Waals surface area contributed by atoms with Crippen molar-refractivity contribution in [1.29, 1.82) is 0 Å². The number of nitrogen functional groups attached to an aromatic ring is 1. The molecule has 5 heteroatoms. The van der Waals surface area contributed by atoms with E-state index in [2.05, 4.69) is 6.92 Å². The fraction of sp³-hybridized carbons (Fsp3) is 0.562. The van der Waals surface area contributed by atoms with Crippen LogP contribution in [0.15, 0.2) is 23.1 Å². The highest BCUT2D eigenvalue weighted by molar-refractivity contribution is 7.99. The first-order chi connectivity index (χ1) is 10.1. The van der Waals surface area contributed by atoms with Gasteiger partial charge in [-0.05, 0) is 36.8 Å². The summed E-state index contributed by atoms with van der Waals surface area (Å²) in [5.74, 6) is 1.61. The Bertz CT molecular complexity index is 500. The van der Waals surface area contributed by atoms with Crippen LogP contribution in [-0.4, -0.2) is 25.4 Å². The third-order valence-electron chi connectivity index (χ3n) is 3.62.